The van der Waals surface area contributed by atoms with Gasteiger partial charge in [-0.2, -0.15) is 4.72 Å². The zero-order valence-corrected chi connectivity index (χ0v) is 15.9. The lowest BCUT2D eigenvalue weighted by Gasteiger charge is -2.20. The minimum Gasteiger partial charge on any atom is -0.389 e. The molecule has 0 aliphatic carbocycles. The number of esters is 2. The molecule has 9 nitrogen and oxygen atoms in total. The van der Waals surface area contributed by atoms with Gasteiger partial charge >= 0.3 is 11.9 Å². The highest BCUT2D eigenvalue weighted by molar-refractivity contribution is 7.90. The number of benzene rings is 1. The predicted octanol–water partition coefficient (Wildman–Crippen LogP) is -0.108. The Hall–Kier alpha value is -2.30. The maximum absolute atomic E-state index is 12.4. The highest BCUT2D eigenvalue weighted by Gasteiger charge is 2.33. The van der Waals surface area contributed by atoms with Gasteiger partial charge in [-0.15, -0.1) is 0 Å². The van der Waals surface area contributed by atoms with Gasteiger partial charge in [0.2, 0.25) is 10.0 Å². The number of carbonyl (C=O) groups excluding carboxylic acids is 3. The molecule has 1 fully saturated rings. The number of rotatable bonds is 7. The molecule has 27 heavy (non-hydrogen) atoms. The van der Waals surface area contributed by atoms with Crippen LogP contribution in [-0.4, -0.2) is 50.3 Å². The van der Waals surface area contributed by atoms with Crippen LogP contribution in [0.3, 0.4) is 0 Å². The highest BCUT2D eigenvalue weighted by atomic mass is 32.2. The Morgan fingerprint density at radius 3 is 2.41 bits per heavy atom. The molecular formula is C17H23N3O6S. The van der Waals surface area contributed by atoms with E-state index in [9.17, 15) is 22.8 Å². The van der Waals surface area contributed by atoms with Crippen LogP contribution < -0.4 is 15.4 Å². The van der Waals surface area contributed by atoms with Crippen LogP contribution in [0.2, 0.25) is 0 Å². The molecule has 148 valence electrons. The molecule has 1 aliphatic rings. The fourth-order valence-electron chi connectivity index (χ4n) is 2.36. The lowest BCUT2D eigenvalue weighted by molar-refractivity contribution is -0.162. The van der Waals surface area contributed by atoms with Crippen molar-refractivity contribution in [3.63, 3.8) is 0 Å². The number of hydrogen-bond donors (Lipinski definition) is 3. The highest BCUT2D eigenvalue weighted by Crippen LogP contribution is 2.08. The van der Waals surface area contributed by atoms with Crippen LogP contribution in [0.1, 0.15) is 37.0 Å². The van der Waals surface area contributed by atoms with Gasteiger partial charge in [0.25, 0.3) is 5.91 Å². The van der Waals surface area contributed by atoms with Crippen LogP contribution >= 0.6 is 0 Å². The zero-order chi connectivity index (χ0) is 20.0. The van der Waals surface area contributed by atoms with Crippen molar-refractivity contribution in [2.45, 2.75) is 44.1 Å². The Bertz CT molecular complexity index is 788. The zero-order valence-electron chi connectivity index (χ0n) is 15.1. The van der Waals surface area contributed by atoms with E-state index in [-0.39, 0.29) is 5.56 Å². The Kier molecular flexibility index (Phi) is 7.05. The maximum atomic E-state index is 12.4. The van der Waals surface area contributed by atoms with Gasteiger partial charge in [-0.25, -0.2) is 18.0 Å². The third-order valence-electron chi connectivity index (χ3n) is 4.00. The molecule has 2 atom stereocenters. The van der Waals surface area contributed by atoms with Gasteiger partial charge in [-0.05, 0) is 45.4 Å². The second-order valence-corrected chi connectivity index (χ2v) is 8.64. The lowest BCUT2D eigenvalue weighted by atomic mass is 10.2. The van der Waals surface area contributed by atoms with Gasteiger partial charge in [0, 0.05) is 5.56 Å². The van der Waals surface area contributed by atoms with Crippen molar-refractivity contribution in [1.82, 2.24) is 15.4 Å². The Labute approximate surface area is 157 Å². The number of nitrogens with one attached hydrogen (secondary N) is 3. The average molecular weight is 397 g/mol. The predicted molar refractivity (Wildman–Crippen MR) is 97.0 cm³/mol. The summed E-state index contributed by atoms with van der Waals surface area (Å²) in [5, 5.41) is 4.29. The van der Waals surface area contributed by atoms with Crippen molar-refractivity contribution in [3.05, 3.63) is 35.9 Å². The Morgan fingerprint density at radius 2 is 1.85 bits per heavy atom. The molecule has 0 bridgehead atoms. The summed E-state index contributed by atoms with van der Waals surface area (Å²) in [6.45, 7) is 3.46. The lowest BCUT2D eigenvalue weighted by Crippen LogP contribution is -2.55. The SMILES string of the molecule is CC(C)S(=O)(=O)NC(NC(=O)c1ccccc1)C(=O)OC(=O)C1CCCN1. The van der Waals surface area contributed by atoms with Gasteiger partial charge < -0.3 is 15.4 Å². The molecular weight excluding hydrogens is 374 g/mol. The van der Waals surface area contributed by atoms with E-state index in [1.807, 2.05) is 0 Å². The van der Waals surface area contributed by atoms with E-state index in [1.54, 1.807) is 18.2 Å². The standard InChI is InChI=1S/C17H23N3O6S/c1-11(2)27(24,25)20-14(19-15(21)12-7-4-3-5-8-12)17(23)26-16(22)13-9-6-10-18-13/h3-5,7-8,11,13-14,18,20H,6,9-10H2,1-2H3,(H,19,21). The summed E-state index contributed by atoms with van der Waals surface area (Å²) in [5.41, 5.74) is 0.225. The fraction of sp³-hybridized carbons (Fsp3) is 0.471. The van der Waals surface area contributed by atoms with Gasteiger partial charge in [0.15, 0.2) is 6.17 Å². The quantitative estimate of drug-likeness (QED) is 0.332. The maximum Gasteiger partial charge on any atom is 0.352 e. The smallest absolute Gasteiger partial charge is 0.352 e. The van der Waals surface area contributed by atoms with E-state index in [0.717, 1.165) is 6.42 Å². The molecule has 1 aromatic rings. The second kappa shape index (κ2) is 9.07. The first-order valence-electron chi connectivity index (χ1n) is 8.56. The molecule has 0 spiro atoms. The first-order valence-corrected chi connectivity index (χ1v) is 10.1. The topological polar surface area (TPSA) is 131 Å². The van der Waals surface area contributed by atoms with Crippen molar-refractivity contribution in [3.8, 4) is 0 Å². The van der Waals surface area contributed by atoms with E-state index in [1.165, 1.54) is 26.0 Å². The summed E-state index contributed by atoms with van der Waals surface area (Å²) < 4.78 is 31.1. The summed E-state index contributed by atoms with van der Waals surface area (Å²) in [4.78, 5) is 36.7. The summed E-state index contributed by atoms with van der Waals surface area (Å²) >= 11 is 0. The van der Waals surface area contributed by atoms with Gasteiger partial charge in [0.1, 0.15) is 6.04 Å². The molecule has 0 aromatic heterocycles. The van der Waals surface area contributed by atoms with Crippen molar-refractivity contribution >= 4 is 27.9 Å². The van der Waals surface area contributed by atoms with Gasteiger partial charge in [-0.3, -0.25) is 4.79 Å². The van der Waals surface area contributed by atoms with E-state index in [4.69, 9.17) is 4.74 Å². The summed E-state index contributed by atoms with van der Waals surface area (Å²) in [5.74, 6) is -2.68. The van der Waals surface area contributed by atoms with Crippen LogP contribution in [0.4, 0.5) is 0 Å². The number of hydrogen-bond acceptors (Lipinski definition) is 7. The van der Waals surface area contributed by atoms with Crippen molar-refractivity contribution in [2.24, 2.45) is 0 Å². The molecule has 10 heteroatoms. The van der Waals surface area contributed by atoms with Crippen LogP contribution in [0.25, 0.3) is 0 Å². The van der Waals surface area contributed by atoms with Crippen molar-refractivity contribution in [2.75, 3.05) is 6.54 Å². The monoisotopic (exact) mass is 397 g/mol. The summed E-state index contributed by atoms with van der Waals surface area (Å²) in [6, 6.07) is 7.33. The van der Waals surface area contributed by atoms with E-state index in [2.05, 4.69) is 15.4 Å². The third-order valence-corrected chi connectivity index (χ3v) is 5.80. The molecule has 1 saturated heterocycles. The van der Waals surface area contributed by atoms with Crippen molar-refractivity contribution in [1.29, 1.82) is 0 Å². The minimum atomic E-state index is -3.92. The van der Waals surface area contributed by atoms with Crippen LogP contribution in [-0.2, 0) is 24.3 Å². The molecule has 1 aliphatic heterocycles. The summed E-state index contributed by atoms with van der Waals surface area (Å²) in [6.07, 6.45) is -0.442. The Morgan fingerprint density at radius 1 is 1.19 bits per heavy atom. The van der Waals surface area contributed by atoms with Crippen LogP contribution in [0, 0.1) is 0 Å². The minimum absolute atomic E-state index is 0.225. The largest absolute Gasteiger partial charge is 0.389 e. The normalized spacial score (nSPS) is 18.1. The first-order chi connectivity index (χ1) is 12.7. The molecule has 0 saturated carbocycles. The van der Waals surface area contributed by atoms with E-state index in [0.29, 0.717) is 13.0 Å². The van der Waals surface area contributed by atoms with Crippen LogP contribution in [0.15, 0.2) is 30.3 Å². The number of ether oxygens (including phenoxy) is 1. The molecule has 2 rings (SSSR count). The van der Waals surface area contributed by atoms with E-state index >= 15 is 0 Å². The van der Waals surface area contributed by atoms with Crippen LogP contribution in [0.5, 0.6) is 0 Å². The van der Waals surface area contributed by atoms with Crippen molar-refractivity contribution < 1.29 is 27.5 Å². The number of amides is 1. The fourth-order valence-corrected chi connectivity index (χ4v) is 3.11. The third kappa shape index (κ3) is 5.84. The summed E-state index contributed by atoms with van der Waals surface area (Å²) in [7, 11) is -3.92. The second-order valence-electron chi connectivity index (χ2n) is 6.37. The molecule has 1 aromatic carbocycles. The first kappa shape index (κ1) is 21.0. The molecule has 1 heterocycles. The van der Waals surface area contributed by atoms with Gasteiger partial charge in [0.05, 0.1) is 5.25 Å². The molecule has 1 amide bonds. The number of carbonyl (C=O) groups is 3. The number of sulfonamides is 1. The Balaban J connectivity index is 2.14. The average Bonchev–Trinajstić information content (AvgIpc) is 3.16. The van der Waals surface area contributed by atoms with Gasteiger partial charge in [-0.1, -0.05) is 18.2 Å². The molecule has 2 unspecified atom stereocenters. The van der Waals surface area contributed by atoms with E-state index < -0.39 is 45.3 Å². The molecule has 3 N–H and O–H groups in total. The molecule has 0 radical (unpaired) electrons.